The minimum absolute atomic E-state index is 0.230. The van der Waals surface area contributed by atoms with Crippen LogP contribution in [0.4, 0.5) is 0 Å². The minimum atomic E-state index is 0.230. The van der Waals surface area contributed by atoms with Crippen molar-refractivity contribution in [1.29, 1.82) is 0 Å². The van der Waals surface area contributed by atoms with Crippen LogP contribution < -0.4 is 0 Å². The molecule has 2 unspecified atom stereocenters. The van der Waals surface area contributed by atoms with Gasteiger partial charge in [-0.2, -0.15) is 0 Å². The van der Waals surface area contributed by atoms with Crippen molar-refractivity contribution in [2.45, 2.75) is 39.7 Å². The first-order valence-electron chi connectivity index (χ1n) is 5.24. The molecule has 2 atom stereocenters. The largest absolute Gasteiger partial charge is 0.381 e. The predicted octanol–water partition coefficient (Wildman–Crippen LogP) is 2.83. The Balaban J connectivity index is 3.97. The van der Waals surface area contributed by atoms with Gasteiger partial charge < -0.3 is 4.74 Å². The van der Waals surface area contributed by atoms with E-state index in [1.54, 1.807) is 7.11 Å². The first kappa shape index (κ1) is 13.4. The number of rotatable bonds is 7. The van der Waals surface area contributed by atoms with Gasteiger partial charge in [-0.1, -0.05) is 26.8 Å². The molecule has 0 bridgehead atoms. The summed E-state index contributed by atoms with van der Waals surface area (Å²) in [6.45, 7) is 6.62. The molecule has 0 spiro atoms. The molecule has 0 aromatic heterocycles. The van der Waals surface area contributed by atoms with Gasteiger partial charge in [-0.15, -0.1) is 0 Å². The Morgan fingerprint density at radius 2 is 1.93 bits per heavy atom. The topological polar surface area (TPSA) is 26.3 Å². The van der Waals surface area contributed by atoms with E-state index in [-0.39, 0.29) is 6.10 Å². The molecule has 0 heterocycles. The van der Waals surface area contributed by atoms with E-state index in [2.05, 4.69) is 20.8 Å². The maximum absolute atomic E-state index is 10.1. The quantitative estimate of drug-likeness (QED) is 0.464. The molecule has 0 fully saturated rings. The van der Waals surface area contributed by atoms with Gasteiger partial charge in [0.1, 0.15) is 6.29 Å². The number of hydrogen-bond acceptors (Lipinski definition) is 2. The summed E-state index contributed by atoms with van der Waals surface area (Å²) in [5, 5.41) is 0. The molecule has 0 aromatic carbocycles. The molecule has 82 valence electrons. The van der Waals surface area contributed by atoms with Crippen LogP contribution in [-0.4, -0.2) is 19.5 Å². The Bertz CT molecular complexity index is 173. The zero-order chi connectivity index (χ0) is 11.0. The van der Waals surface area contributed by atoms with Gasteiger partial charge >= 0.3 is 0 Å². The van der Waals surface area contributed by atoms with E-state index in [0.29, 0.717) is 11.8 Å². The standard InChI is InChI=1S/C12H22O2/c1-10(2)9-11(3)12(14-4)7-5-6-8-13/h5-6,8,10-12H,7,9H2,1-4H3/b6-5+. The zero-order valence-electron chi connectivity index (χ0n) is 9.69. The normalized spacial score (nSPS) is 16.1. The summed E-state index contributed by atoms with van der Waals surface area (Å²) in [7, 11) is 1.73. The average molecular weight is 198 g/mol. The molecule has 0 saturated heterocycles. The maximum Gasteiger partial charge on any atom is 0.142 e. The van der Waals surface area contributed by atoms with Crippen molar-refractivity contribution < 1.29 is 9.53 Å². The summed E-state index contributed by atoms with van der Waals surface area (Å²) in [6, 6.07) is 0. The van der Waals surface area contributed by atoms with Crippen LogP contribution in [0.3, 0.4) is 0 Å². The second-order valence-electron chi connectivity index (χ2n) is 4.18. The zero-order valence-corrected chi connectivity index (χ0v) is 9.69. The van der Waals surface area contributed by atoms with Crippen LogP contribution in [0, 0.1) is 11.8 Å². The Labute approximate surface area is 87.3 Å². The predicted molar refractivity (Wildman–Crippen MR) is 59.2 cm³/mol. The molecule has 0 aromatic rings. The van der Waals surface area contributed by atoms with E-state index in [0.717, 1.165) is 19.1 Å². The van der Waals surface area contributed by atoms with E-state index in [1.165, 1.54) is 6.08 Å². The number of carbonyl (C=O) groups is 1. The minimum Gasteiger partial charge on any atom is -0.381 e. The summed E-state index contributed by atoms with van der Waals surface area (Å²) in [6.07, 6.45) is 6.43. The Hall–Kier alpha value is -0.630. The highest BCUT2D eigenvalue weighted by atomic mass is 16.5. The van der Waals surface area contributed by atoms with Gasteiger partial charge in [0.25, 0.3) is 0 Å². The molecule has 0 aliphatic carbocycles. The summed E-state index contributed by atoms with van der Waals surface area (Å²) < 4.78 is 5.39. The van der Waals surface area contributed by atoms with E-state index >= 15 is 0 Å². The Morgan fingerprint density at radius 1 is 1.29 bits per heavy atom. The van der Waals surface area contributed by atoms with Crippen molar-refractivity contribution in [2.75, 3.05) is 7.11 Å². The van der Waals surface area contributed by atoms with Gasteiger partial charge in [0.15, 0.2) is 0 Å². The summed E-state index contributed by atoms with van der Waals surface area (Å²) >= 11 is 0. The number of hydrogen-bond donors (Lipinski definition) is 0. The van der Waals surface area contributed by atoms with Crippen LogP contribution in [0.1, 0.15) is 33.6 Å². The fourth-order valence-corrected chi connectivity index (χ4v) is 1.72. The molecule has 0 N–H and O–H groups in total. The van der Waals surface area contributed by atoms with Crippen molar-refractivity contribution in [3.05, 3.63) is 12.2 Å². The van der Waals surface area contributed by atoms with Crippen molar-refractivity contribution in [1.82, 2.24) is 0 Å². The van der Waals surface area contributed by atoms with Gasteiger partial charge in [0.05, 0.1) is 6.10 Å². The fourth-order valence-electron chi connectivity index (χ4n) is 1.72. The first-order chi connectivity index (χ1) is 6.61. The van der Waals surface area contributed by atoms with Crippen molar-refractivity contribution >= 4 is 6.29 Å². The second-order valence-corrected chi connectivity index (χ2v) is 4.18. The van der Waals surface area contributed by atoms with Gasteiger partial charge in [-0.25, -0.2) is 0 Å². The SMILES string of the molecule is COC(C/C=C/C=O)C(C)CC(C)C. The van der Waals surface area contributed by atoms with Crippen LogP contribution in [0.2, 0.25) is 0 Å². The lowest BCUT2D eigenvalue weighted by Crippen LogP contribution is -2.21. The van der Waals surface area contributed by atoms with Gasteiger partial charge in [-0.3, -0.25) is 4.79 Å². The van der Waals surface area contributed by atoms with E-state index in [1.807, 2.05) is 6.08 Å². The highest BCUT2D eigenvalue weighted by Crippen LogP contribution is 2.19. The molecule has 0 rings (SSSR count). The highest BCUT2D eigenvalue weighted by molar-refractivity contribution is 5.64. The second kappa shape index (κ2) is 7.74. The third-order valence-corrected chi connectivity index (χ3v) is 2.36. The molecule has 2 heteroatoms. The number of ether oxygens (including phenoxy) is 1. The van der Waals surface area contributed by atoms with Gasteiger partial charge in [-0.05, 0) is 30.8 Å². The van der Waals surface area contributed by atoms with Crippen LogP contribution in [-0.2, 0) is 9.53 Å². The van der Waals surface area contributed by atoms with E-state index in [9.17, 15) is 4.79 Å². The number of methoxy groups -OCH3 is 1. The maximum atomic E-state index is 10.1. The molecule has 0 saturated carbocycles. The van der Waals surface area contributed by atoms with Crippen LogP contribution in [0.15, 0.2) is 12.2 Å². The molecule has 2 nitrogen and oxygen atoms in total. The molecule has 0 aliphatic heterocycles. The van der Waals surface area contributed by atoms with Gasteiger partial charge in [0, 0.05) is 7.11 Å². The summed E-state index contributed by atoms with van der Waals surface area (Å²) in [5.74, 6) is 1.23. The van der Waals surface area contributed by atoms with Crippen LogP contribution in [0.25, 0.3) is 0 Å². The third kappa shape index (κ3) is 5.92. The van der Waals surface area contributed by atoms with Crippen molar-refractivity contribution in [3.63, 3.8) is 0 Å². The average Bonchev–Trinajstić information content (AvgIpc) is 2.11. The smallest absolute Gasteiger partial charge is 0.142 e. The van der Waals surface area contributed by atoms with E-state index < -0.39 is 0 Å². The number of allylic oxidation sites excluding steroid dienone is 1. The number of carbonyl (C=O) groups excluding carboxylic acids is 1. The Morgan fingerprint density at radius 3 is 2.36 bits per heavy atom. The molecule has 14 heavy (non-hydrogen) atoms. The summed E-state index contributed by atoms with van der Waals surface area (Å²) in [5.41, 5.74) is 0. The molecule has 0 radical (unpaired) electrons. The van der Waals surface area contributed by atoms with Crippen LogP contribution in [0.5, 0.6) is 0 Å². The molecule has 0 amide bonds. The lowest BCUT2D eigenvalue weighted by molar-refractivity contribution is -0.104. The lowest BCUT2D eigenvalue weighted by Gasteiger charge is -2.22. The van der Waals surface area contributed by atoms with E-state index in [4.69, 9.17) is 4.74 Å². The lowest BCUT2D eigenvalue weighted by atomic mass is 9.92. The molecular weight excluding hydrogens is 176 g/mol. The van der Waals surface area contributed by atoms with Crippen molar-refractivity contribution in [3.8, 4) is 0 Å². The molecular formula is C12H22O2. The van der Waals surface area contributed by atoms with Gasteiger partial charge in [0.2, 0.25) is 0 Å². The van der Waals surface area contributed by atoms with Crippen molar-refractivity contribution in [2.24, 2.45) is 11.8 Å². The third-order valence-electron chi connectivity index (χ3n) is 2.36. The fraction of sp³-hybridized carbons (Fsp3) is 0.750. The highest BCUT2D eigenvalue weighted by Gasteiger charge is 2.16. The molecule has 0 aliphatic rings. The van der Waals surface area contributed by atoms with Crippen LogP contribution >= 0.6 is 0 Å². The Kier molecular flexibility index (Phi) is 7.40. The first-order valence-corrected chi connectivity index (χ1v) is 5.24. The number of aldehydes is 1. The summed E-state index contributed by atoms with van der Waals surface area (Å²) in [4.78, 5) is 10.1. The monoisotopic (exact) mass is 198 g/mol.